The Morgan fingerprint density at radius 2 is 2.12 bits per heavy atom. The fourth-order valence-electron chi connectivity index (χ4n) is 2.59. The molecule has 0 spiro atoms. The zero-order valence-corrected chi connectivity index (χ0v) is 14.2. The quantitative estimate of drug-likeness (QED) is 0.811. The zero-order chi connectivity index (χ0) is 17.8. The number of benzene rings is 1. The molecule has 1 aromatic carbocycles. The van der Waals surface area contributed by atoms with Gasteiger partial charge < -0.3 is 10.1 Å². The van der Waals surface area contributed by atoms with Gasteiger partial charge in [-0.1, -0.05) is 12.1 Å². The Morgan fingerprint density at radius 1 is 1.36 bits per heavy atom. The summed E-state index contributed by atoms with van der Waals surface area (Å²) in [6, 6.07) is 5.64. The van der Waals surface area contributed by atoms with Crippen molar-refractivity contribution in [1.82, 2.24) is 10.2 Å². The van der Waals surface area contributed by atoms with E-state index in [1.54, 1.807) is 6.08 Å². The highest BCUT2D eigenvalue weighted by Gasteiger charge is 2.34. The minimum Gasteiger partial charge on any atom is -0.368 e. The van der Waals surface area contributed by atoms with Crippen LogP contribution >= 0.6 is 11.8 Å². The van der Waals surface area contributed by atoms with Crippen LogP contribution in [0.1, 0.15) is 18.4 Å². The summed E-state index contributed by atoms with van der Waals surface area (Å²) < 4.78 is 18.2. The van der Waals surface area contributed by atoms with Gasteiger partial charge in [-0.2, -0.15) is 0 Å². The molecule has 3 amide bonds. The van der Waals surface area contributed by atoms with Gasteiger partial charge >= 0.3 is 0 Å². The summed E-state index contributed by atoms with van der Waals surface area (Å²) in [6.07, 6.45) is 2.66. The van der Waals surface area contributed by atoms with E-state index >= 15 is 0 Å². The van der Waals surface area contributed by atoms with Crippen LogP contribution in [0.2, 0.25) is 0 Å². The van der Waals surface area contributed by atoms with Gasteiger partial charge in [-0.3, -0.25) is 19.3 Å². The maximum Gasteiger partial charge on any atom is 0.293 e. The standard InChI is InChI=1S/C17H17FN2O4S/c18-12-5-3-11(4-6-12)10-14-16(22)20(17(23)25-14)8-7-19-15(21)13-2-1-9-24-13/h3-6,10,13H,1-2,7-9H2,(H,19,21)/b14-10-/t13-/m0/s1. The monoisotopic (exact) mass is 364 g/mol. The number of carbonyl (C=O) groups is 3. The minimum absolute atomic E-state index is 0.101. The summed E-state index contributed by atoms with van der Waals surface area (Å²) >= 11 is 0.832. The first kappa shape index (κ1) is 17.6. The van der Waals surface area contributed by atoms with Crippen molar-refractivity contribution < 1.29 is 23.5 Å². The lowest BCUT2D eigenvalue weighted by atomic mass is 10.2. The third kappa shape index (κ3) is 4.26. The molecule has 6 nitrogen and oxygen atoms in total. The normalized spacial score (nSPS) is 22.0. The lowest BCUT2D eigenvalue weighted by Crippen LogP contribution is -2.40. The predicted molar refractivity (Wildman–Crippen MR) is 91.1 cm³/mol. The summed E-state index contributed by atoms with van der Waals surface area (Å²) in [6.45, 7) is 0.861. The molecule has 25 heavy (non-hydrogen) atoms. The van der Waals surface area contributed by atoms with Gasteiger partial charge in [0.25, 0.3) is 11.1 Å². The molecule has 2 saturated heterocycles. The molecule has 3 rings (SSSR count). The fraction of sp³-hybridized carbons (Fsp3) is 0.353. The number of hydrogen-bond donors (Lipinski definition) is 1. The van der Waals surface area contributed by atoms with Crippen molar-refractivity contribution in [3.63, 3.8) is 0 Å². The molecular formula is C17H17FN2O4S. The maximum absolute atomic E-state index is 12.9. The number of rotatable bonds is 5. The van der Waals surface area contributed by atoms with E-state index in [1.807, 2.05) is 0 Å². The largest absolute Gasteiger partial charge is 0.368 e. The highest BCUT2D eigenvalue weighted by molar-refractivity contribution is 8.18. The first-order chi connectivity index (χ1) is 12.0. The molecule has 1 N–H and O–H groups in total. The van der Waals surface area contributed by atoms with Gasteiger partial charge in [0.2, 0.25) is 5.91 Å². The summed E-state index contributed by atoms with van der Waals surface area (Å²) in [7, 11) is 0. The van der Waals surface area contributed by atoms with Crippen LogP contribution in [-0.4, -0.2) is 47.8 Å². The number of halogens is 1. The first-order valence-electron chi connectivity index (χ1n) is 7.95. The molecular weight excluding hydrogens is 347 g/mol. The topological polar surface area (TPSA) is 75.7 Å². The van der Waals surface area contributed by atoms with Crippen LogP contribution in [0.4, 0.5) is 9.18 Å². The van der Waals surface area contributed by atoms with Crippen molar-refractivity contribution in [1.29, 1.82) is 0 Å². The van der Waals surface area contributed by atoms with Gasteiger partial charge in [0.1, 0.15) is 11.9 Å². The molecule has 0 saturated carbocycles. The molecule has 2 fully saturated rings. The van der Waals surface area contributed by atoms with Crippen LogP contribution < -0.4 is 5.32 Å². The fourth-order valence-corrected chi connectivity index (χ4v) is 3.46. The van der Waals surface area contributed by atoms with E-state index in [1.165, 1.54) is 24.3 Å². The second-order valence-corrected chi connectivity index (χ2v) is 6.67. The van der Waals surface area contributed by atoms with Crippen molar-refractivity contribution in [3.05, 3.63) is 40.6 Å². The second kappa shape index (κ2) is 7.79. The Balaban J connectivity index is 1.55. The first-order valence-corrected chi connectivity index (χ1v) is 8.76. The summed E-state index contributed by atoms with van der Waals surface area (Å²) in [5.74, 6) is -0.996. The summed E-state index contributed by atoms with van der Waals surface area (Å²) in [5, 5.41) is 2.30. The van der Waals surface area contributed by atoms with E-state index in [4.69, 9.17) is 4.74 Å². The van der Waals surface area contributed by atoms with E-state index in [9.17, 15) is 18.8 Å². The number of ether oxygens (including phenoxy) is 1. The Morgan fingerprint density at radius 3 is 2.80 bits per heavy atom. The Labute approximate surface area is 148 Å². The van der Waals surface area contributed by atoms with Gasteiger partial charge in [-0.15, -0.1) is 0 Å². The summed E-state index contributed by atoms with van der Waals surface area (Å²) in [4.78, 5) is 37.5. The van der Waals surface area contributed by atoms with E-state index in [-0.39, 0.29) is 35.0 Å². The van der Waals surface area contributed by atoms with Crippen molar-refractivity contribution >= 4 is 34.9 Å². The van der Waals surface area contributed by atoms with Gasteiger partial charge in [0.15, 0.2) is 0 Å². The average molecular weight is 364 g/mol. The molecule has 0 unspecified atom stereocenters. The van der Waals surface area contributed by atoms with E-state index in [0.29, 0.717) is 18.6 Å². The molecule has 1 aromatic rings. The number of imide groups is 1. The minimum atomic E-state index is -0.437. The van der Waals surface area contributed by atoms with Crippen LogP contribution in [0.5, 0.6) is 0 Å². The lowest BCUT2D eigenvalue weighted by Gasteiger charge is -2.14. The van der Waals surface area contributed by atoms with Gasteiger partial charge in [0, 0.05) is 19.7 Å². The molecule has 0 aliphatic carbocycles. The Kier molecular flexibility index (Phi) is 5.50. The average Bonchev–Trinajstić information content (AvgIpc) is 3.21. The highest BCUT2D eigenvalue weighted by atomic mass is 32.2. The molecule has 0 aromatic heterocycles. The van der Waals surface area contributed by atoms with Crippen molar-refractivity contribution in [2.75, 3.05) is 19.7 Å². The van der Waals surface area contributed by atoms with Crippen LogP contribution in [0.25, 0.3) is 6.08 Å². The number of hydrogen-bond acceptors (Lipinski definition) is 5. The number of carbonyl (C=O) groups excluding carboxylic acids is 3. The highest BCUT2D eigenvalue weighted by Crippen LogP contribution is 2.31. The van der Waals surface area contributed by atoms with Crippen LogP contribution in [0, 0.1) is 5.82 Å². The smallest absolute Gasteiger partial charge is 0.293 e. The molecule has 2 heterocycles. The Hall–Kier alpha value is -2.19. The molecule has 2 aliphatic heterocycles. The second-order valence-electron chi connectivity index (χ2n) is 5.68. The number of thioether (sulfide) groups is 1. The number of nitrogens with one attached hydrogen (secondary N) is 1. The van der Waals surface area contributed by atoms with Gasteiger partial charge in [0.05, 0.1) is 4.91 Å². The van der Waals surface area contributed by atoms with E-state index in [0.717, 1.165) is 23.1 Å². The molecule has 8 heteroatoms. The zero-order valence-electron chi connectivity index (χ0n) is 13.4. The van der Waals surface area contributed by atoms with Crippen molar-refractivity contribution in [3.8, 4) is 0 Å². The Bertz CT molecular complexity index is 714. The van der Waals surface area contributed by atoms with Gasteiger partial charge in [-0.05, 0) is 48.4 Å². The number of nitrogens with zero attached hydrogens (tertiary/aromatic N) is 1. The number of amides is 3. The molecule has 0 radical (unpaired) electrons. The van der Waals surface area contributed by atoms with Crippen LogP contribution in [0.15, 0.2) is 29.2 Å². The maximum atomic E-state index is 12.9. The predicted octanol–water partition coefficient (Wildman–Crippen LogP) is 2.16. The molecule has 132 valence electrons. The third-order valence-electron chi connectivity index (χ3n) is 3.90. The molecule has 1 atom stereocenters. The molecule has 2 aliphatic rings. The SMILES string of the molecule is O=C(NCCN1C(=O)S/C(=C\c2ccc(F)cc2)C1=O)[C@@H]1CCCO1. The van der Waals surface area contributed by atoms with E-state index < -0.39 is 12.0 Å². The van der Waals surface area contributed by atoms with E-state index in [2.05, 4.69) is 5.32 Å². The van der Waals surface area contributed by atoms with Crippen LogP contribution in [-0.2, 0) is 14.3 Å². The van der Waals surface area contributed by atoms with Gasteiger partial charge in [-0.25, -0.2) is 4.39 Å². The third-order valence-corrected chi connectivity index (χ3v) is 4.81. The van der Waals surface area contributed by atoms with Crippen LogP contribution in [0.3, 0.4) is 0 Å². The van der Waals surface area contributed by atoms with Crippen molar-refractivity contribution in [2.45, 2.75) is 18.9 Å². The summed E-state index contributed by atoms with van der Waals surface area (Å²) in [5.41, 5.74) is 0.638. The lowest BCUT2D eigenvalue weighted by molar-refractivity contribution is -0.130. The van der Waals surface area contributed by atoms with Crippen molar-refractivity contribution in [2.24, 2.45) is 0 Å². The molecule has 0 bridgehead atoms.